The van der Waals surface area contributed by atoms with Crippen LogP contribution in [-0.2, 0) is 13.1 Å². The molecule has 0 bridgehead atoms. The van der Waals surface area contributed by atoms with Gasteiger partial charge in [0.2, 0.25) is 4.80 Å². The highest BCUT2D eigenvalue weighted by Gasteiger charge is 2.11. The van der Waals surface area contributed by atoms with E-state index in [0.29, 0.717) is 0 Å². The molecular formula is C6H8N3OS. The summed E-state index contributed by atoms with van der Waals surface area (Å²) in [4.78, 5) is 11.2. The predicted octanol–water partition coefficient (Wildman–Crippen LogP) is -0.794. The molecule has 59 valence electrons. The van der Waals surface area contributed by atoms with Crippen molar-refractivity contribution in [2.24, 2.45) is 0 Å². The molecule has 1 aromatic rings. The summed E-state index contributed by atoms with van der Waals surface area (Å²) in [7, 11) is 0. The molecule has 0 fully saturated rings. The molecule has 1 radical (unpaired) electrons. The fraction of sp³-hybridized carbons (Fsp3) is 0.667. The molecule has 0 amide bonds. The Kier molecular flexibility index (Phi) is 1.45. The third kappa shape index (κ3) is 0.956. The summed E-state index contributed by atoms with van der Waals surface area (Å²) in [6.07, 6.45) is 2.09. The van der Waals surface area contributed by atoms with E-state index < -0.39 is 0 Å². The van der Waals surface area contributed by atoms with Crippen molar-refractivity contribution in [3.63, 3.8) is 0 Å². The molecule has 0 spiro atoms. The normalized spacial score (nSPS) is 16.4. The minimum Gasteiger partial charge on any atom is -0.255 e. The van der Waals surface area contributed by atoms with Gasteiger partial charge in [-0.2, -0.15) is 0 Å². The van der Waals surface area contributed by atoms with Crippen molar-refractivity contribution in [2.75, 3.05) is 0 Å². The maximum Gasteiger partial charge on any atom is 0.325 e. The molecule has 0 aliphatic carbocycles. The molecule has 2 heterocycles. The van der Waals surface area contributed by atoms with Crippen LogP contribution < -0.4 is 15.1 Å². The smallest absolute Gasteiger partial charge is 0.255 e. The lowest BCUT2D eigenvalue weighted by Gasteiger charge is -2.14. The van der Waals surface area contributed by atoms with E-state index in [4.69, 9.17) is 0 Å². The Morgan fingerprint density at radius 3 is 2.55 bits per heavy atom. The molecule has 1 aromatic heterocycles. The van der Waals surface area contributed by atoms with Crippen LogP contribution in [0.15, 0.2) is 4.79 Å². The van der Waals surface area contributed by atoms with Gasteiger partial charge in [0.15, 0.2) is 0 Å². The molecular weight excluding hydrogens is 162 g/mol. The van der Waals surface area contributed by atoms with Crippen molar-refractivity contribution < 1.29 is 0 Å². The Hall–Kier alpha value is -0.840. The van der Waals surface area contributed by atoms with E-state index in [0.717, 1.165) is 37.3 Å². The van der Waals surface area contributed by atoms with Crippen molar-refractivity contribution in [3.8, 4) is 0 Å². The van der Waals surface area contributed by atoms with Crippen LogP contribution >= 0.6 is 11.3 Å². The minimum absolute atomic E-state index is 0.0535. The van der Waals surface area contributed by atoms with Gasteiger partial charge in [0.25, 0.3) is 0 Å². The molecule has 0 N–H and O–H groups in total. The lowest BCUT2D eigenvalue weighted by Crippen LogP contribution is -2.31. The summed E-state index contributed by atoms with van der Waals surface area (Å²) in [6.45, 7) is 1.51. The monoisotopic (exact) mass is 170 g/mol. The first-order valence-corrected chi connectivity index (χ1v) is 4.43. The average molecular weight is 170 g/mol. The van der Waals surface area contributed by atoms with Gasteiger partial charge < -0.3 is 0 Å². The van der Waals surface area contributed by atoms with Gasteiger partial charge in [0.05, 0.1) is 0 Å². The molecule has 4 nitrogen and oxygen atoms in total. The van der Waals surface area contributed by atoms with Crippen LogP contribution in [0.5, 0.6) is 0 Å². The maximum absolute atomic E-state index is 11.1. The number of aromatic nitrogens is 2. The molecule has 1 aliphatic rings. The fourth-order valence-electron chi connectivity index (χ4n) is 1.34. The summed E-state index contributed by atoms with van der Waals surface area (Å²) in [5, 5.41) is 9.24. The average Bonchev–Trinajstić information content (AvgIpc) is 2.30. The third-order valence-corrected chi connectivity index (χ3v) is 2.67. The number of hydrogen-bond acceptors (Lipinski definition) is 2. The van der Waals surface area contributed by atoms with E-state index in [9.17, 15) is 10.2 Å². The van der Waals surface area contributed by atoms with E-state index in [1.54, 1.807) is 9.36 Å². The van der Waals surface area contributed by atoms with Gasteiger partial charge in [-0.25, -0.2) is 4.68 Å². The Labute approximate surface area is 67.2 Å². The zero-order valence-corrected chi connectivity index (χ0v) is 6.80. The summed E-state index contributed by atoms with van der Waals surface area (Å²) in [6, 6.07) is 0. The lowest BCUT2D eigenvalue weighted by molar-refractivity contribution is 0.345. The highest BCUT2D eigenvalue weighted by atomic mass is 32.1. The Morgan fingerprint density at radius 2 is 1.91 bits per heavy atom. The van der Waals surface area contributed by atoms with E-state index >= 15 is 0 Å². The molecule has 0 saturated heterocycles. The van der Waals surface area contributed by atoms with Crippen LogP contribution in [0.2, 0.25) is 0 Å². The quantitative estimate of drug-likeness (QED) is 0.503. The highest BCUT2D eigenvalue weighted by Crippen LogP contribution is 2.01. The number of nitrogens with zero attached hydrogens (tertiary/aromatic N) is 3. The van der Waals surface area contributed by atoms with Crippen LogP contribution in [-0.4, -0.2) is 9.36 Å². The van der Waals surface area contributed by atoms with Crippen molar-refractivity contribution in [2.45, 2.75) is 25.9 Å². The van der Waals surface area contributed by atoms with Crippen LogP contribution in [0.4, 0.5) is 0 Å². The zero-order valence-electron chi connectivity index (χ0n) is 5.99. The molecule has 0 saturated carbocycles. The van der Waals surface area contributed by atoms with Gasteiger partial charge in [-0.05, 0) is 24.2 Å². The SMILES string of the molecule is [N]=c1sc(=O)n2n1CCCC2. The number of hydrogen-bond donors (Lipinski definition) is 0. The molecule has 2 rings (SSSR count). The van der Waals surface area contributed by atoms with Crippen LogP contribution in [0, 0.1) is 0 Å². The van der Waals surface area contributed by atoms with E-state index in [2.05, 4.69) is 0 Å². The summed E-state index contributed by atoms with van der Waals surface area (Å²) in [5.41, 5.74) is 0. The number of rotatable bonds is 0. The molecule has 5 heteroatoms. The maximum atomic E-state index is 11.1. The van der Waals surface area contributed by atoms with E-state index in [1.807, 2.05) is 0 Å². The zero-order chi connectivity index (χ0) is 7.84. The van der Waals surface area contributed by atoms with Crippen molar-refractivity contribution in [3.05, 3.63) is 14.5 Å². The summed E-state index contributed by atoms with van der Waals surface area (Å²) < 4.78 is 3.25. The van der Waals surface area contributed by atoms with Crippen molar-refractivity contribution in [1.82, 2.24) is 14.8 Å². The largest absolute Gasteiger partial charge is 0.325 e. The first kappa shape index (κ1) is 6.84. The topological polar surface area (TPSA) is 49.2 Å². The molecule has 0 unspecified atom stereocenters. The minimum atomic E-state index is -0.0535. The highest BCUT2D eigenvalue weighted by molar-refractivity contribution is 7.06. The van der Waals surface area contributed by atoms with Gasteiger partial charge in [-0.1, -0.05) is 0 Å². The first-order chi connectivity index (χ1) is 5.29. The second-order valence-corrected chi connectivity index (χ2v) is 3.52. The van der Waals surface area contributed by atoms with Gasteiger partial charge in [0, 0.05) is 13.1 Å². The second kappa shape index (κ2) is 2.34. The molecule has 0 atom stereocenters. The van der Waals surface area contributed by atoms with Crippen LogP contribution in [0.25, 0.3) is 0 Å². The fourth-order valence-corrected chi connectivity index (χ4v) is 2.08. The standard InChI is InChI=1S/C6H8N3OS/c7-5-8-3-1-2-4-9(8)6(10)11-5/h1-4H2. The predicted molar refractivity (Wildman–Crippen MR) is 41.1 cm³/mol. The summed E-state index contributed by atoms with van der Waals surface area (Å²) in [5.74, 6) is 0. The number of fused-ring (bicyclic) bond motifs is 1. The van der Waals surface area contributed by atoms with Crippen LogP contribution in [0.1, 0.15) is 12.8 Å². The first-order valence-electron chi connectivity index (χ1n) is 3.62. The van der Waals surface area contributed by atoms with Crippen molar-refractivity contribution >= 4 is 11.3 Å². The van der Waals surface area contributed by atoms with Gasteiger partial charge in [0.1, 0.15) is 0 Å². The van der Waals surface area contributed by atoms with Gasteiger partial charge >= 0.3 is 4.87 Å². The van der Waals surface area contributed by atoms with E-state index in [-0.39, 0.29) is 9.67 Å². The van der Waals surface area contributed by atoms with Gasteiger partial charge in [-0.15, -0.1) is 5.41 Å². The molecule has 0 aromatic carbocycles. The lowest BCUT2D eigenvalue weighted by atomic mass is 10.3. The van der Waals surface area contributed by atoms with E-state index in [1.165, 1.54) is 0 Å². The summed E-state index contributed by atoms with van der Waals surface area (Å²) >= 11 is 0.911. The van der Waals surface area contributed by atoms with Crippen molar-refractivity contribution in [1.29, 1.82) is 0 Å². The molecule has 11 heavy (non-hydrogen) atoms. The van der Waals surface area contributed by atoms with Crippen LogP contribution in [0.3, 0.4) is 0 Å². The second-order valence-electron chi connectivity index (χ2n) is 2.60. The Morgan fingerprint density at radius 1 is 1.27 bits per heavy atom. The Balaban J connectivity index is 2.70. The molecule has 1 aliphatic heterocycles. The Bertz CT molecular complexity index is 337. The van der Waals surface area contributed by atoms with Gasteiger partial charge in [-0.3, -0.25) is 9.48 Å². The third-order valence-electron chi connectivity index (χ3n) is 1.89.